The molecule has 1 aliphatic carbocycles. The molecule has 1 radical (unpaired) electrons. The van der Waals surface area contributed by atoms with Crippen molar-refractivity contribution < 1.29 is 9.53 Å². The number of carbonyl (C=O) groups is 1. The van der Waals surface area contributed by atoms with Crippen molar-refractivity contribution in [1.82, 2.24) is 0 Å². The van der Waals surface area contributed by atoms with Gasteiger partial charge < -0.3 is 4.74 Å². The second-order valence-corrected chi connectivity index (χ2v) is 4.10. The summed E-state index contributed by atoms with van der Waals surface area (Å²) in [5.74, 6) is -0.312. The van der Waals surface area contributed by atoms with Gasteiger partial charge >= 0.3 is 5.97 Å². The van der Waals surface area contributed by atoms with Crippen LogP contribution in [0.15, 0.2) is 18.2 Å². The number of allylic oxidation sites excluding steroid dienone is 3. The average Bonchev–Trinajstić information content (AvgIpc) is 2.03. The molecule has 1 atom stereocenters. The van der Waals surface area contributed by atoms with E-state index in [4.69, 9.17) is 4.74 Å². The first-order valence-electron chi connectivity index (χ1n) is 4.45. The van der Waals surface area contributed by atoms with E-state index in [1.807, 2.05) is 39.0 Å². The van der Waals surface area contributed by atoms with Crippen LogP contribution in [-0.4, -0.2) is 11.6 Å². The summed E-state index contributed by atoms with van der Waals surface area (Å²) in [5, 5.41) is 0. The van der Waals surface area contributed by atoms with E-state index in [0.717, 1.165) is 0 Å². The van der Waals surface area contributed by atoms with Crippen molar-refractivity contribution in [2.45, 2.75) is 32.8 Å². The van der Waals surface area contributed by atoms with Gasteiger partial charge in [-0.05, 0) is 33.3 Å². The van der Waals surface area contributed by atoms with Gasteiger partial charge in [0.05, 0.1) is 5.92 Å². The van der Waals surface area contributed by atoms with Crippen molar-refractivity contribution in [3.8, 4) is 0 Å². The largest absolute Gasteiger partial charge is 0.460 e. The van der Waals surface area contributed by atoms with Crippen molar-refractivity contribution in [3.05, 3.63) is 24.3 Å². The topological polar surface area (TPSA) is 26.3 Å². The van der Waals surface area contributed by atoms with Crippen LogP contribution < -0.4 is 0 Å². The lowest BCUT2D eigenvalue weighted by molar-refractivity contribution is -0.158. The third-order valence-corrected chi connectivity index (χ3v) is 1.60. The second kappa shape index (κ2) is 3.77. The van der Waals surface area contributed by atoms with Gasteiger partial charge in [-0.2, -0.15) is 0 Å². The minimum absolute atomic E-state index is 0.149. The summed E-state index contributed by atoms with van der Waals surface area (Å²) in [5.41, 5.74) is -0.397. The Morgan fingerprint density at radius 3 is 2.69 bits per heavy atom. The fourth-order valence-corrected chi connectivity index (χ4v) is 1.06. The molecule has 0 N–H and O–H groups in total. The Morgan fingerprint density at radius 1 is 1.54 bits per heavy atom. The maximum Gasteiger partial charge on any atom is 0.313 e. The van der Waals surface area contributed by atoms with Gasteiger partial charge in [0.1, 0.15) is 5.60 Å². The Hall–Kier alpha value is -1.05. The molecule has 0 aromatic carbocycles. The van der Waals surface area contributed by atoms with Crippen molar-refractivity contribution in [1.29, 1.82) is 0 Å². The van der Waals surface area contributed by atoms with E-state index >= 15 is 0 Å². The maximum atomic E-state index is 11.5. The van der Waals surface area contributed by atoms with Crippen molar-refractivity contribution in [2.24, 2.45) is 5.92 Å². The summed E-state index contributed by atoms with van der Waals surface area (Å²) >= 11 is 0. The lowest BCUT2D eigenvalue weighted by Gasteiger charge is -2.22. The van der Waals surface area contributed by atoms with E-state index in [1.54, 1.807) is 0 Å². The van der Waals surface area contributed by atoms with Gasteiger partial charge in [0.15, 0.2) is 0 Å². The van der Waals surface area contributed by atoms with Crippen molar-refractivity contribution in [2.75, 3.05) is 0 Å². The zero-order valence-corrected chi connectivity index (χ0v) is 8.33. The first-order valence-corrected chi connectivity index (χ1v) is 4.45. The van der Waals surface area contributed by atoms with Crippen molar-refractivity contribution >= 4 is 5.97 Å². The van der Waals surface area contributed by atoms with Gasteiger partial charge in [-0.1, -0.05) is 18.2 Å². The molecule has 0 aliphatic heterocycles. The van der Waals surface area contributed by atoms with Crippen LogP contribution in [0, 0.1) is 12.0 Å². The number of carbonyl (C=O) groups excluding carboxylic acids is 1. The Kier molecular flexibility index (Phi) is 2.91. The van der Waals surface area contributed by atoms with E-state index in [2.05, 4.69) is 6.08 Å². The fraction of sp³-hybridized carbons (Fsp3) is 0.545. The summed E-state index contributed by atoms with van der Waals surface area (Å²) < 4.78 is 5.23. The maximum absolute atomic E-state index is 11.5. The monoisotopic (exact) mass is 179 g/mol. The van der Waals surface area contributed by atoms with Gasteiger partial charge in [0.25, 0.3) is 0 Å². The molecule has 0 aromatic rings. The minimum Gasteiger partial charge on any atom is -0.460 e. The molecule has 2 nitrogen and oxygen atoms in total. The highest BCUT2D eigenvalue weighted by Crippen LogP contribution is 2.17. The standard InChI is InChI=1S/C11H15O2/c1-11(2,3)13-10(12)9-7-5-4-6-8-9/h4-5,7,9H,8H2,1-3H3. The lowest BCUT2D eigenvalue weighted by atomic mass is 10.0. The van der Waals surface area contributed by atoms with Gasteiger partial charge in [0, 0.05) is 0 Å². The van der Waals surface area contributed by atoms with Gasteiger partial charge in [-0.25, -0.2) is 0 Å². The van der Waals surface area contributed by atoms with Crippen LogP contribution in [0.1, 0.15) is 27.2 Å². The van der Waals surface area contributed by atoms with E-state index in [9.17, 15) is 4.79 Å². The number of ether oxygens (including phenoxy) is 1. The normalized spacial score (nSPS) is 21.6. The third-order valence-electron chi connectivity index (χ3n) is 1.60. The van der Waals surface area contributed by atoms with Crippen molar-refractivity contribution in [3.63, 3.8) is 0 Å². The first kappa shape index (κ1) is 10.0. The Balaban J connectivity index is 2.49. The molecule has 0 saturated carbocycles. The molecule has 1 aliphatic rings. The van der Waals surface area contributed by atoms with Crippen LogP contribution in [-0.2, 0) is 9.53 Å². The number of rotatable bonds is 1. The minimum atomic E-state index is -0.397. The summed E-state index contributed by atoms with van der Waals surface area (Å²) in [6.07, 6.45) is 9.12. The summed E-state index contributed by atoms with van der Waals surface area (Å²) in [6.45, 7) is 5.62. The molecule has 2 heteroatoms. The van der Waals surface area contributed by atoms with Crippen LogP contribution in [0.25, 0.3) is 0 Å². The number of hydrogen-bond acceptors (Lipinski definition) is 2. The van der Waals surface area contributed by atoms with Crippen LogP contribution in [0.2, 0.25) is 0 Å². The quantitative estimate of drug-likeness (QED) is 0.577. The molecular weight excluding hydrogens is 164 g/mol. The molecule has 0 fully saturated rings. The molecule has 13 heavy (non-hydrogen) atoms. The Labute approximate surface area is 79.3 Å². The predicted octanol–water partition coefficient (Wildman–Crippen LogP) is 2.26. The van der Waals surface area contributed by atoms with Crippen LogP contribution in [0.5, 0.6) is 0 Å². The smallest absolute Gasteiger partial charge is 0.313 e. The van der Waals surface area contributed by atoms with Gasteiger partial charge in [-0.15, -0.1) is 0 Å². The molecule has 0 aromatic heterocycles. The van der Waals surface area contributed by atoms with E-state index in [-0.39, 0.29) is 11.9 Å². The molecule has 1 rings (SSSR count). The molecular formula is C11H15O2. The zero-order chi connectivity index (χ0) is 9.90. The fourth-order valence-electron chi connectivity index (χ4n) is 1.06. The molecule has 0 amide bonds. The van der Waals surface area contributed by atoms with E-state index in [0.29, 0.717) is 6.42 Å². The van der Waals surface area contributed by atoms with Crippen LogP contribution in [0.3, 0.4) is 0 Å². The first-order chi connectivity index (χ1) is 5.99. The Morgan fingerprint density at radius 2 is 2.23 bits per heavy atom. The lowest BCUT2D eigenvalue weighted by Crippen LogP contribution is -2.28. The molecule has 0 heterocycles. The summed E-state index contributed by atoms with van der Waals surface area (Å²) in [6, 6.07) is 0. The average molecular weight is 179 g/mol. The van der Waals surface area contributed by atoms with Gasteiger partial charge in [0.2, 0.25) is 0 Å². The third kappa shape index (κ3) is 3.45. The Bertz CT molecular complexity index is 243. The number of hydrogen-bond donors (Lipinski definition) is 0. The second-order valence-electron chi connectivity index (χ2n) is 4.10. The molecule has 0 bridgehead atoms. The molecule has 0 saturated heterocycles. The highest BCUT2D eigenvalue weighted by atomic mass is 16.6. The highest BCUT2D eigenvalue weighted by Gasteiger charge is 2.22. The zero-order valence-electron chi connectivity index (χ0n) is 8.33. The molecule has 1 unspecified atom stereocenters. The van der Waals surface area contributed by atoms with Crippen LogP contribution in [0.4, 0.5) is 0 Å². The molecule has 71 valence electrons. The van der Waals surface area contributed by atoms with E-state index in [1.165, 1.54) is 0 Å². The highest BCUT2D eigenvalue weighted by molar-refractivity contribution is 5.75. The SMILES string of the molecule is CC(C)(C)OC(=O)C1C=CC=[C]C1. The van der Waals surface area contributed by atoms with Crippen LogP contribution >= 0.6 is 0 Å². The van der Waals surface area contributed by atoms with Gasteiger partial charge in [-0.3, -0.25) is 4.79 Å². The number of esters is 1. The molecule has 0 spiro atoms. The predicted molar refractivity (Wildman–Crippen MR) is 50.9 cm³/mol. The van der Waals surface area contributed by atoms with E-state index < -0.39 is 5.60 Å². The summed E-state index contributed by atoms with van der Waals surface area (Å²) in [4.78, 5) is 11.5. The summed E-state index contributed by atoms with van der Waals surface area (Å²) in [7, 11) is 0.